The van der Waals surface area contributed by atoms with Gasteiger partial charge in [-0.3, -0.25) is 4.68 Å². The zero-order valence-electron chi connectivity index (χ0n) is 21.6. The van der Waals surface area contributed by atoms with Crippen molar-refractivity contribution in [3.05, 3.63) is 42.1 Å². The molecule has 3 aromatic heterocycles. The Morgan fingerprint density at radius 2 is 2.03 bits per heavy atom. The number of aromatic nitrogens is 6. The molecule has 0 aromatic carbocycles. The van der Waals surface area contributed by atoms with Crippen molar-refractivity contribution in [2.45, 2.75) is 76.4 Å². The first kappa shape index (κ1) is 24.3. The van der Waals surface area contributed by atoms with E-state index < -0.39 is 5.92 Å². The van der Waals surface area contributed by atoms with Crippen LogP contribution in [0.2, 0.25) is 0 Å². The maximum Gasteiger partial charge on any atom is 0.252 e. The fourth-order valence-corrected chi connectivity index (χ4v) is 5.91. The third-order valence-electron chi connectivity index (χ3n) is 8.21. The van der Waals surface area contributed by atoms with Gasteiger partial charge in [0.15, 0.2) is 5.82 Å². The van der Waals surface area contributed by atoms with Crippen molar-refractivity contribution in [1.29, 1.82) is 0 Å². The van der Waals surface area contributed by atoms with Gasteiger partial charge in [0.1, 0.15) is 5.69 Å². The molecule has 0 bridgehead atoms. The van der Waals surface area contributed by atoms with Crippen LogP contribution >= 0.6 is 0 Å². The van der Waals surface area contributed by atoms with E-state index in [1.165, 1.54) is 12.8 Å². The summed E-state index contributed by atoms with van der Waals surface area (Å²) in [5, 5.41) is 16.3. The van der Waals surface area contributed by atoms with Crippen LogP contribution in [-0.4, -0.2) is 60.5 Å². The van der Waals surface area contributed by atoms with Gasteiger partial charge in [0.05, 0.1) is 29.3 Å². The zero-order valence-corrected chi connectivity index (χ0v) is 21.6. The van der Waals surface area contributed by atoms with Gasteiger partial charge in [0.2, 0.25) is 5.92 Å². The van der Waals surface area contributed by atoms with Crippen molar-refractivity contribution in [3.63, 3.8) is 0 Å². The summed E-state index contributed by atoms with van der Waals surface area (Å²) in [5.41, 5.74) is 3.40. The lowest BCUT2D eigenvalue weighted by Gasteiger charge is -2.35. The van der Waals surface area contributed by atoms with Gasteiger partial charge in [-0.2, -0.15) is 15.2 Å². The van der Waals surface area contributed by atoms with Gasteiger partial charge in [0.25, 0.3) is 5.78 Å². The Balaban J connectivity index is 1.32. The number of fused-ring (bicyclic) bond motifs is 1. The fraction of sp³-hybridized carbons (Fsp3) is 0.615. The molecule has 2 N–H and O–H groups in total. The number of imidazole rings is 1. The van der Waals surface area contributed by atoms with E-state index in [4.69, 9.17) is 15.1 Å². The number of hydrogen-bond donors (Lipinski definition) is 2. The maximum absolute atomic E-state index is 14.0. The van der Waals surface area contributed by atoms with Crippen LogP contribution in [0.4, 0.5) is 14.6 Å². The summed E-state index contributed by atoms with van der Waals surface area (Å²) in [5.74, 6) is -1.22. The highest BCUT2D eigenvalue weighted by Crippen LogP contribution is 2.42. The monoisotopic (exact) mass is 511 g/mol. The Morgan fingerprint density at radius 3 is 2.76 bits per heavy atom. The second-order valence-electron chi connectivity index (χ2n) is 10.9. The van der Waals surface area contributed by atoms with Gasteiger partial charge in [-0.1, -0.05) is 6.58 Å². The number of anilines is 1. The summed E-state index contributed by atoms with van der Waals surface area (Å²) >= 11 is 0. The normalized spacial score (nSPS) is 21.9. The average Bonchev–Trinajstić information content (AvgIpc) is 3.28. The number of aryl methyl sites for hydroxylation is 2. The molecule has 3 aromatic rings. The van der Waals surface area contributed by atoms with E-state index in [1.54, 1.807) is 10.7 Å². The van der Waals surface area contributed by atoms with Crippen molar-refractivity contribution in [3.8, 4) is 0 Å². The van der Waals surface area contributed by atoms with Crippen LogP contribution in [0.5, 0.6) is 0 Å². The number of rotatable bonds is 7. The Hall–Kier alpha value is -3.08. The highest BCUT2D eigenvalue weighted by molar-refractivity contribution is 5.59. The molecule has 2 aliphatic carbocycles. The molecule has 2 saturated carbocycles. The summed E-state index contributed by atoms with van der Waals surface area (Å²) in [6.45, 7) is 11.7. The van der Waals surface area contributed by atoms with Crippen LogP contribution in [0.1, 0.15) is 68.6 Å². The van der Waals surface area contributed by atoms with Gasteiger partial charge in [-0.05, 0) is 51.5 Å². The molecule has 1 spiro atoms. The quantitative estimate of drug-likeness (QED) is 0.500. The molecule has 11 heteroatoms. The minimum atomic E-state index is -2.60. The maximum atomic E-state index is 14.0. The van der Waals surface area contributed by atoms with E-state index in [0.29, 0.717) is 30.9 Å². The highest BCUT2D eigenvalue weighted by Gasteiger charge is 2.46. The molecule has 1 saturated heterocycles. The Morgan fingerprint density at radius 1 is 1.24 bits per heavy atom. The SMILES string of the molecule is C=C(NC(c1cn2nc(C)c(N3CCNC4(CC4)C3)nc2n1)C1CCC(F)(F)CC1)c1ccnn1CC. The standard InChI is InChI=1S/C26H35F2N9/c1-4-36-21(7-12-30-36)17(2)31-22(19-5-8-26(27,28)9-6-19)20-15-37-24(32-20)33-23(18(3)34-37)35-14-13-29-25(16-35)10-11-25/h7,12,15,19,22,29,31H,2,4-6,8-11,13-14,16H2,1,3H3. The third kappa shape index (κ3) is 4.69. The minimum absolute atomic E-state index is 0.0113. The molecular weight excluding hydrogens is 476 g/mol. The van der Waals surface area contributed by atoms with E-state index in [-0.39, 0.29) is 30.3 Å². The molecule has 1 atom stereocenters. The second-order valence-corrected chi connectivity index (χ2v) is 10.9. The average molecular weight is 512 g/mol. The zero-order chi connectivity index (χ0) is 25.8. The van der Waals surface area contributed by atoms with Crippen molar-refractivity contribution in [2.24, 2.45) is 5.92 Å². The van der Waals surface area contributed by atoms with Crippen molar-refractivity contribution in [1.82, 2.24) is 40.0 Å². The first-order valence-corrected chi connectivity index (χ1v) is 13.4. The number of alkyl halides is 2. The number of halogens is 2. The fourth-order valence-electron chi connectivity index (χ4n) is 5.91. The summed E-state index contributed by atoms with van der Waals surface area (Å²) < 4.78 is 31.6. The van der Waals surface area contributed by atoms with Crippen LogP contribution in [0.3, 0.4) is 0 Å². The third-order valence-corrected chi connectivity index (χ3v) is 8.21. The molecule has 0 radical (unpaired) electrons. The Kier molecular flexibility index (Phi) is 5.93. The van der Waals surface area contributed by atoms with E-state index in [1.807, 2.05) is 30.8 Å². The van der Waals surface area contributed by atoms with Gasteiger partial charge >= 0.3 is 0 Å². The molecule has 37 heavy (non-hydrogen) atoms. The number of hydrogen-bond acceptors (Lipinski definition) is 7. The summed E-state index contributed by atoms with van der Waals surface area (Å²) in [6, 6.07) is 1.62. The first-order chi connectivity index (χ1) is 17.8. The van der Waals surface area contributed by atoms with Gasteiger partial charge in [-0.25, -0.2) is 18.3 Å². The van der Waals surface area contributed by atoms with Crippen molar-refractivity contribution < 1.29 is 8.78 Å². The molecule has 3 aliphatic rings. The summed E-state index contributed by atoms with van der Waals surface area (Å²) in [4.78, 5) is 12.1. The second kappa shape index (κ2) is 9.04. The van der Waals surface area contributed by atoms with Gasteiger partial charge in [0, 0.05) is 50.8 Å². The largest absolute Gasteiger partial charge is 0.375 e. The summed E-state index contributed by atoms with van der Waals surface area (Å²) in [7, 11) is 0. The lowest BCUT2D eigenvalue weighted by atomic mass is 9.81. The van der Waals surface area contributed by atoms with Gasteiger partial charge in [-0.15, -0.1) is 0 Å². The number of piperazine rings is 1. The molecule has 1 aliphatic heterocycles. The van der Waals surface area contributed by atoms with Gasteiger partial charge < -0.3 is 15.5 Å². The van der Waals surface area contributed by atoms with Crippen LogP contribution < -0.4 is 15.5 Å². The predicted molar refractivity (Wildman–Crippen MR) is 137 cm³/mol. The highest BCUT2D eigenvalue weighted by atomic mass is 19.3. The molecule has 1 unspecified atom stereocenters. The Labute approximate surface area is 215 Å². The lowest BCUT2D eigenvalue weighted by Crippen LogP contribution is -2.53. The first-order valence-electron chi connectivity index (χ1n) is 13.4. The molecule has 9 nitrogen and oxygen atoms in total. The molecule has 3 fully saturated rings. The van der Waals surface area contributed by atoms with Crippen molar-refractivity contribution >= 4 is 17.3 Å². The van der Waals surface area contributed by atoms with Crippen molar-refractivity contribution in [2.75, 3.05) is 24.5 Å². The molecular formula is C26H35F2N9. The Bertz CT molecular complexity index is 1300. The number of nitrogens with one attached hydrogen (secondary N) is 2. The van der Waals surface area contributed by atoms with Crippen LogP contribution in [0, 0.1) is 12.8 Å². The van der Waals surface area contributed by atoms with E-state index >= 15 is 0 Å². The molecule has 0 amide bonds. The molecule has 6 rings (SSSR count). The molecule has 4 heterocycles. The van der Waals surface area contributed by atoms with E-state index in [9.17, 15) is 8.78 Å². The van der Waals surface area contributed by atoms with Crippen LogP contribution in [-0.2, 0) is 6.54 Å². The smallest absolute Gasteiger partial charge is 0.252 e. The topological polar surface area (TPSA) is 88.2 Å². The van der Waals surface area contributed by atoms with Crippen LogP contribution in [0.15, 0.2) is 25.0 Å². The van der Waals surface area contributed by atoms with E-state index in [0.717, 1.165) is 42.5 Å². The lowest BCUT2D eigenvalue weighted by molar-refractivity contribution is -0.0493. The predicted octanol–water partition coefficient (Wildman–Crippen LogP) is 3.72. The van der Waals surface area contributed by atoms with E-state index in [2.05, 4.69) is 27.2 Å². The van der Waals surface area contributed by atoms with Crippen LogP contribution in [0.25, 0.3) is 11.5 Å². The number of nitrogens with zero attached hydrogens (tertiary/aromatic N) is 7. The minimum Gasteiger partial charge on any atom is -0.375 e. The summed E-state index contributed by atoms with van der Waals surface area (Å²) in [6.07, 6.45) is 6.60. The molecule has 198 valence electrons.